The number of anilines is 1. The van der Waals surface area contributed by atoms with Crippen LogP contribution >= 0.6 is 0 Å². The summed E-state index contributed by atoms with van der Waals surface area (Å²) in [4.78, 5) is 23.5. The molecule has 1 aliphatic rings. The van der Waals surface area contributed by atoms with E-state index in [2.05, 4.69) is 5.32 Å². The first kappa shape index (κ1) is 15.2. The van der Waals surface area contributed by atoms with Crippen molar-refractivity contribution in [3.05, 3.63) is 34.4 Å². The van der Waals surface area contributed by atoms with Crippen LogP contribution in [0.3, 0.4) is 0 Å². The molecule has 2 rings (SSSR count). The largest absolute Gasteiger partial charge is 0.324 e. The van der Waals surface area contributed by atoms with E-state index in [-0.39, 0.29) is 23.2 Å². The lowest BCUT2D eigenvalue weighted by Gasteiger charge is -2.23. The molecule has 1 atom stereocenters. The minimum absolute atomic E-state index is 0.0497. The quantitative estimate of drug-likeness (QED) is 0.667. The van der Waals surface area contributed by atoms with Crippen LogP contribution in [0.15, 0.2) is 24.3 Å². The Labute approximate surface area is 121 Å². The van der Waals surface area contributed by atoms with Crippen LogP contribution in [0.4, 0.5) is 16.2 Å². The number of hydrogen-bond donors (Lipinski definition) is 1. The van der Waals surface area contributed by atoms with Crippen molar-refractivity contribution in [2.75, 3.05) is 23.9 Å². The highest BCUT2D eigenvalue weighted by atomic mass is 32.2. The van der Waals surface area contributed by atoms with E-state index in [1.165, 1.54) is 36.2 Å². The summed E-state index contributed by atoms with van der Waals surface area (Å²) in [6.45, 7) is 0. The van der Waals surface area contributed by atoms with E-state index < -0.39 is 20.8 Å². The highest BCUT2D eigenvalue weighted by Gasteiger charge is 2.32. The maximum Gasteiger partial charge on any atom is 0.321 e. The minimum atomic E-state index is -3.08. The van der Waals surface area contributed by atoms with Crippen LogP contribution in [0, 0.1) is 10.1 Å². The summed E-state index contributed by atoms with van der Waals surface area (Å²) in [6, 6.07) is 4.71. The molecule has 21 heavy (non-hydrogen) atoms. The molecule has 1 N–H and O–H groups in total. The lowest BCUT2D eigenvalue weighted by atomic mass is 10.2. The average molecular weight is 313 g/mol. The highest BCUT2D eigenvalue weighted by Crippen LogP contribution is 2.20. The van der Waals surface area contributed by atoms with Crippen LogP contribution in [0.1, 0.15) is 6.42 Å². The fraction of sp³-hybridized carbons (Fsp3) is 0.417. The van der Waals surface area contributed by atoms with Gasteiger partial charge in [0.25, 0.3) is 5.69 Å². The standard InChI is InChI=1S/C12H15N3O5S/c1-14(11-5-6-21(19,20)8-11)12(16)13-9-3-2-4-10(7-9)15(17)18/h2-4,7,11H,5-6,8H2,1H3,(H,13,16). The Morgan fingerprint density at radius 3 is 2.76 bits per heavy atom. The second-order valence-electron chi connectivity index (χ2n) is 4.91. The fourth-order valence-corrected chi connectivity index (χ4v) is 3.93. The molecule has 1 aromatic carbocycles. The lowest BCUT2D eigenvalue weighted by molar-refractivity contribution is -0.384. The molecule has 2 amide bonds. The van der Waals surface area contributed by atoms with Gasteiger partial charge in [-0.2, -0.15) is 0 Å². The summed E-state index contributed by atoms with van der Waals surface area (Å²) < 4.78 is 22.8. The van der Waals surface area contributed by atoms with Gasteiger partial charge in [0.2, 0.25) is 0 Å². The molecule has 1 aromatic rings. The van der Waals surface area contributed by atoms with E-state index >= 15 is 0 Å². The Morgan fingerprint density at radius 2 is 2.19 bits per heavy atom. The molecule has 1 unspecified atom stereocenters. The molecule has 0 spiro atoms. The van der Waals surface area contributed by atoms with E-state index in [0.29, 0.717) is 12.1 Å². The molecule has 0 aromatic heterocycles. The van der Waals surface area contributed by atoms with Crippen molar-refractivity contribution in [3.8, 4) is 0 Å². The Balaban J connectivity index is 2.04. The number of nitrogens with zero attached hydrogens (tertiary/aromatic N) is 2. The molecule has 0 saturated carbocycles. The van der Waals surface area contributed by atoms with Crippen molar-refractivity contribution in [2.45, 2.75) is 12.5 Å². The average Bonchev–Trinajstić information content (AvgIpc) is 2.78. The van der Waals surface area contributed by atoms with Gasteiger partial charge in [-0.15, -0.1) is 0 Å². The van der Waals surface area contributed by atoms with Crippen LogP contribution < -0.4 is 5.32 Å². The smallest absolute Gasteiger partial charge is 0.321 e. The number of nitrogens with one attached hydrogen (secondary N) is 1. The zero-order valence-electron chi connectivity index (χ0n) is 11.4. The van der Waals surface area contributed by atoms with Crippen molar-refractivity contribution in [1.82, 2.24) is 4.90 Å². The molecule has 1 saturated heterocycles. The Morgan fingerprint density at radius 1 is 1.48 bits per heavy atom. The number of carbonyl (C=O) groups excluding carboxylic acids is 1. The molecule has 0 bridgehead atoms. The van der Waals surface area contributed by atoms with Crippen LogP contribution in [0.5, 0.6) is 0 Å². The molecule has 9 heteroatoms. The van der Waals surface area contributed by atoms with Gasteiger partial charge in [0.1, 0.15) is 0 Å². The number of nitro groups is 1. The number of urea groups is 1. The molecule has 114 valence electrons. The minimum Gasteiger partial charge on any atom is -0.324 e. The van der Waals surface area contributed by atoms with Gasteiger partial charge in [-0.3, -0.25) is 10.1 Å². The van der Waals surface area contributed by atoms with Gasteiger partial charge in [0.05, 0.1) is 16.4 Å². The third-order valence-electron chi connectivity index (χ3n) is 3.38. The number of benzene rings is 1. The van der Waals surface area contributed by atoms with Crippen molar-refractivity contribution in [1.29, 1.82) is 0 Å². The topological polar surface area (TPSA) is 110 Å². The van der Waals surface area contributed by atoms with Crippen molar-refractivity contribution in [2.24, 2.45) is 0 Å². The first-order valence-corrected chi connectivity index (χ1v) is 8.09. The van der Waals surface area contributed by atoms with Crippen molar-refractivity contribution >= 4 is 27.2 Å². The number of sulfone groups is 1. The molecule has 1 fully saturated rings. The van der Waals surface area contributed by atoms with E-state index in [9.17, 15) is 23.3 Å². The third-order valence-corrected chi connectivity index (χ3v) is 5.14. The second-order valence-corrected chi connectivity index (χ2v) is 7.13. The van der Waals surface area contributed by atoms with Crippen LogP contribution in [-0.4, -0.2) is 48.9 Å². The number of nitro benzene ring substituents is 1. The van der Waals surface area contributed by atoms with Crippen molar-refractivity contribution in [3.63, 3.8) is 0 Å². The maximum absolute atomic E-state index is 12.0. The van der Waals surface area contributed by atoms with E-state index in [4.69, 9.17) is 0 Å². The summed E-state index contributed by atoms with van der Waals surface area (Å²) >= 11 is 0. The zero-order chi connectivity index (χ0) is 15.6. The fourth-order valence-electron chi connectivity index (χ4n) is 2.16. The van der Waals surface area contributed by atoms with Gasteiger partial charge in [0, 0.05) is 30.9 Å². The SMILES string of the molecule is CN(C(=O)Nc1cccc([N+](=O)[O-])c1)C1CCS(=O)(=O)C1. The zero-order valence-corrected chi connectivity index (χ0v) is 12.2. The second kappa shape index (κ2) is 5.68. The highest BCUT2D eigenvalue weighted by molar-refractivity contribution is 7.91. The van der Waals surface area contributed by atoms with Crippen molar-refractivity contribution < 1.29 is 18.1 Å². The monoisotopic (exact) mass is 313 g/mol. The Bertz CT molecular complexity index is 673. The summed E-state index contributed by atoms with van der Waals surface area (Å²) in [6.07, 6.45) is 0.404. The van der Waals surface area contributed by atoms with Gasteiger partial charge < -0.3 is 10.2 Å². The van der Waals surface area contributed by atoms with E-state index in [0.717, 1.165) is 0 Å². The molecule has 1 heterocycles. The molecule has 8 nitrogen and oxygen atoms in total. The third kappa shape index (κ3) is 3.69. The lowest BCUT2D eigenvalue weighted by Crippen LogP contribution is -2.40. The van der Waals surface area contributed by atoms with E-state index in [1.807, 2.05) is 0 Å². The van der Waals surface area contributed by atoms with Gasteiger partial charge in [-0.1, -0.05) is 6.07 Å². The summed E-state index contributed by atoms with van der Waals surface area (Å²) in [5.74, 6) is 0.0257. The number of non-ortho nitro benzene ring substituents is 1. The predicted octanol–water partition coefficient (Wildman–Crippen LogP) is 1.25. The van der Waals surface area contributed by atoms with Crippen LogP contribution in [-0.2, 0) is 9.84 Å². The first-order chi connectivity index (χ1) is 9.78. The van der Waals surface area contributed by atoms with Gasteiger partial charge in [-0.25, -0.2) is 13.2 Å². The summed E-state index contributed by atoms with van der Waals surface area (Å²) in [7, 11) is -1.56. The first-order valence-electron chi connectivity index (χ1n) is 6.27. The predicted molar refractivity (Wildman–Crippen MR) is 76.9 cm³/mol. The number of rotatable bonds is 3. The van der Waals surface area contributed by atoms with Crippen LogP contribution in [0.2, 0.25) is 0 Å². The molecule has 1 aliphatic heterocycles. The number of hydrogen-bond acceptors (Lipinski definition) is 5. The number of amides is 2. The summed E-state index contributed by atoms with van der Waals surface area (Å²) in [5, 5.41) is 13.2. The molecular weight excluding hydrogens is 298 g/mol. The number of carbonyl (C=O) groups is 1. The van der Waals surface area contributed by atoms with Gasteiger partial charge in [0.15, 0.2) is 9.84 Å². The molecule has 0 aliphatic carbocycles. The van der Waals surface area contributed by atoms with Gasteiger partial charge >= 0.3 is 6.03 Å². The molecule has 0 radical (unpaired) electrons. The Kier molecular flexibility index (Phi) is 4.12. The maximum atomic E-state index is 12.0. The molecular formula is C12H15N3O5S. The summed E-state index contributed by atoms with van der Waals surface area (Å²) in [5.41, 5.74) is 0.167. The van der Waals surface area contributed by atoms with Crippen LogP contribution in [0.25, 0.3) is 0 Å². The van der Waals surface area contributed by atoms with E-state index in [1.54, 1.807) is 0 Å². The normalized spacial score (nSPS) is 20.0. The van der Waals surface area contributed by atoms with Gasteiger partial charge in [-0.05, 0) is 12.5 Å². The Hall–Kier alpha value is -2.16.